The fourth-order valence-electron chi connectivity index (χ4n) is 3.42. The van der Waals surface area contributed by atoms with Crippen LogP contribution in [0.15, 0.2) is 0 Å². The van der Waals surface area contributed by atoms with Crippen molar-refractivity contribution in [1.29, 1.82) is 0 Å². The highest BCUT2D eigenvalue weighted by atomic mass is 16.5. The van der Waals surface area contributed by atoms with Crippen LogP contribution in [0.5, 0.6) is 0 Å². The van der Waals surface area contributed by atoms with E-state index in [4.69, 9.17) is 4.74 Å². The molecule has 2 unspecified atom stereocenters. The van der Waals surface area contributed by atoms with Crippen LogP contribution in [0.25, 0.3) is 0 Å². The molecule has 50 valence electrons. The fraction of sp³-hybridized carbons (Fsp3) is 1.00. The predicted molar refractivity (Wildman–Crippen MR) is 34.1 cm³/mol. The Labute approximate surface area is 55.4 Å². The molecule has 1 heteroatoms. The van der Waals surface area contributed by atoms with Crippen molar-refractivity contribution in [2.45, 2.75) is 24.9 Å². The summed E-state index contributed by atoms with van der Waals surface area (Å²) < 4.78 is 5.53. The summed E-state index contributed by atoms with van der Waals surface area (Å²) in [5.74, 6) is 3.04. The summed E-state index contributed by atoms with van der Waals surface area (Å²) in [6.07, 6.45) is 4.36. The van der Waals surface area contributed by atoms with E-state index in [2.05, 4.69) is 0 Å². The van der Waals surface area contributed by atoms with Gasteiger partial charge in [0.15, 0.2) is 0 Å². The first-order chi connectivity index (χ1) is 4.37. The van der Waals surface area contributed by atoms with Crippen LogP contribution in [0.2, 0.25) is 0 Å². The molecule has 1 nitrogen and oxygen atoms in total. The molecule has 0 radical (unpaired) electrons. The molecule has 4 bridgehead atoms. The first kappa shape index (κ1) is 4.73. The third kappa shape index (κ3) is 0.315. The summed E-state index contributed by atoms with van der Waals surface area (Å²) in [6, 6.07) is 0. The third-order valence-corrected chi connectivity index (χ3v) is 3.79. The molecule has 4 rings (SSSR count). The van der Waals surface area contributed by atoms with Crippen LogP contribution in [0.3, 0.4) is 0 Å². The van der Waals surface area contributed by atoms with Crippen molar-refractivity contribution in [3.63, 3.8) is 0 Å². The highest BCUT2D eigenvalue weighted by Crippen LogP contribution is 2.74. The van der Waals surface area contributed by atoms with Crippen molar-refractivity contribution in [1.82, 2.24) is 0 Å². The second kappa shape index (κ2) is 1.07. The molecular formula is C8H12O. The van der Waals surface area contributed by atoms with Crippen LogP contribution in [-0.4, -0.2) is 12.7 Å². The Kier molecular flexibility index (Phi) is 0.563. The number of hydrogen-bond acceptors (Lipinski definition) is 1. The molecule has 0 aromatic carbocycles. The Morgan fingerprint density at radius 1 is 1.33 bits per heavy atom. The summed E-state index contributed by atoms with van der Waals surface area (Å²) in [5, 5.41) is 0. The van der Waals surface area contributed by atoms with Gasteiger partial charge >= 0.3 is 0 Å². The van der Waals surface area contributed by atoms with Crippen LogP contribution in [0.1, 0.15) is 19.3 Å². The van der Waals surface area contributed by atoms with E-state index in [0.717, 1.165) is 17.8 Å². The lowest BCUT2D eigenvalue weighted by molar-refractivity contribution is 0.0704. The fourth-order valence-corrected chi connectivity index (χ4v) is 3.42. The molecule has 4 fully saturated rings. The van der Waals surface area contributed by atoms with Crippen molar-refractivity contribution in [2.75, 3.05) is 7.11 Å². The van der Waals surface area contributed by atoms with E-state index in [-0.39, 0.29) is 0 Å². The minimum atomic E-state index is 0.435. The molecule has 0 aromatic rings. The Bertz CT molecular complexity index is 152. The average molecular weight is 124 g/mol. The van der Waals surface area contributed by atoms with Crippen molar-refractivity contribution in [2.24, 2.45) is 17.8 Å². The first-order valence-corrected chi connectivity index (χ1v) is 3.92. The van der Waals surface area contributed by atoms with Crippen molar-refractivity contribution in [3.8, 4) is 0 Å². The summed E-state index contributed by atoms with van der Waals surface area (Å²) in [6.45, 7) is 0. The summed E-state index contributed by atoms with van der Waals surface area (Å²) in [5.41, 5.74) is 0.435. The van der Waals surface area contributed by atoms with Gasteiger partial charge in [0, 0.05) is 7.11 Å². The summed E-state index contributed by atoms with van der Waals surface area (Å²) in [7, 11) is 1.89. The number of methoxy groups -OCH3 is 1. The quantitative estimate of drug-likeness (QED) is 0.514. The molecule has 0 N–H and O–H groups in total. The summed E-state index contributed by atoms with van der Waals surface area (Å²) in [4.78, 5) is 0. The average Bonchev–Trinajstić information content (AvgIpc) is 2.44. The van der Waals surface area contributed by atoms with Gasteiger partial charge in [-0.25, -0.2) is 0 Å². The van der Waals surface area contributed by atoms with E-state index in [1.165, 1.54) is 19.3 Å². The lowest BCUT2D eigenvalue weighted by atomic mass is 10.1. The zero-order valence-electron chi connectivity index (χ0n) is 5.76. The van der Waals surface area contributed by atoms with Crippen molar-refractivity contribution in [3.05, 3.63) is 0 Å². The molecule has 2 atom stereocenters. The maximum atomic E-state index is 5.53. The monoisotopic (exact) mass is 124 g/mol. The zero-order chi connectivity index (χ0) is 6.06. The first-order valence-electron chi connectivity index (χ1n) is 3.92. The molecule has 9 heavy (non-hydrogen) atoms. The van der Waals surface area contributed by atoms with Gasteiger partial charge in [-0.3, -0.25) is 0 Å². The largest absolute Gasteiger partial charge is 0.378 e. The zero-order valence-corrected chi connectivity index (χ0v) is 5.76. The predicted octanol–water partition coefficient (Wildman–Crippen LogP) is 1.43. The maximum Gasteiger partial charge on any atom is 0.0745 e. The molecule has 0 spiro atoms. The van der Waals surface area contributed by atoms with Gasteiger partial charge in [0.05, 0.1) is 5.60 Å². The standard InChI is InChI=1S/C8H12O/c1-9-8-4-5-2-6(8)7(8)3-5/h5-7H,2-4H2,1H3. The Morgan fingerprint density at radius 2 is 2.00 bits per heavy atom. The highest BCUT2D eigenvalue weighted by Gasteiger charge is 2.75. The Hall–Kier alpha value is -0.0400. The maximum absolute atomic E-state index is 5.53. The van der Waals surface area contributed by atoms with Gasteiger partial charge in [0.25, 0.3) is 0 Å². The van der Waals surface area contributed by atoms with Crippen LogP contribution in [-0.2, 0) is 4.74 Å². The molecule has 0 aliphatic heterocycles. The molecular weight excluding hydrogens is 112 g/mol. The smallest absolute Gasteiger partial charge is 0.0745 e. The van der Waals surface area contributed by atoms with Crippen molar-refractivity contribution >= 4 is 0 Å². The third-order valence-electron chi connectivity index (χ3n) is 3.79. The number of rotatable bonds is 1. The van der Waals surface area contributed by atoms with Crippen LogP contribution in [0, 0.1) is 17.8 Å². The lowest BCUT2D eigenvalue weighted by Gasteiger charge is -2.06. The minimum Gasteiger partial charge on any atom is -0.378 e. The van der Waals surface area contributed by atoms with E-state index < -0.39 is 0 Å². The van der Waals surface area contributed by atoms with E-state index >= 15 is 0 Å². The van der Waals surface area contributed by atoms with Gasteiger partial charge in [-0.15, -0.1) is 0 Å². The van der Waals surface area contributed by atoms with E-state index in [9.17, 15) is 0 Å². The molecule has 0 saturated heterocycles. The SMILES string of the molecule is COC12CC3CC1C2C3. The molecule has 4 saturated carbocycles. The van der Waals surface area contributed by atoms with Gasteiger partial charge in [-0.05, 0) is 37.0 Å². The number of hydrogen-bond donors (Lipinski definition) is 0. The molecule has 4 aliphatic rings. The lowest BCUT2D eigenvalue weighted by Crippen LogP contribution is -2.09. The van der Waals surface area contributed by atoms with E-state index in [1.54, 1.807) is 0 Å². The highest BCUT2D eigenvalue weighted by molar-refractivity contribution is 5.25. The molecule has 0 amide bonds. The van der Waals surface area contributed by atoms with Gasteiger partial charge in [0.2, 0.25) is 0 Å². The second-order valence-corrected chi connectivity index (χ2v) is 3.91. The normalized spacial score (nSPS) is 67.0. The summed E-state index contributed by atoms with van der Waals surface area (Å²) >= 11 is 0. The van der Waals surface area contributed by atoms with E-state index in [0.29, 0.717) is 5.60 Å². The van der Waals surface area contributed by atoms with Gasteiger partial charge in [-0.2, -0.15) is 0 Å². The second-order valence-electron chi connectivity index (χ2n) is 3.91. The number of ether oxygens (including phenoxy) is 1. The van der Waals surface area contributed by atoms with Crippen LogP contribution < -0.4 is 0 Å². The van der Waals surface area contributed by atoms with Crippen molar-refractivity contribution < 1.29 is 4.74 Å². The Balaban J connectivity index is 2.02. The van der Waals surface area contributed by atoms with Crippen LogP contribution in [0.4, 0.5) is 0 Å². The van der Waals surface area contributed by atoms with Gasteiger partial charge in [-0.1, -0.05) is 0 Å². The van der Waals surface area contributed by atoms with Crippen LogP contribution >= 0.6 is 0 Å². The van der Waals surface area contributed by atoms with Gasteiger partial charge < -0.3 is 4.74 Å². The Morgan fingerprint density at radius 3 is 2.22 bits per heavy atom. The minimum absolute atomic E-state index is 0.435. The van der Waals surface area contributed by atoms with Gasteiger partial charge in [0.1, 0.15) is 0 Å². The topological polar surface area (TPSA) is 9.23 Å². The molecule has 4 aliphatic carbocycles. The van der Waals surface area contributed by atoms with E-state index in [1.807, 2.05) is 7.11 Å². The molecule has 0 heterocycles. The molecule has 0 aromatic heterocycles.